The lowest BCUT2D eigenvalue weighted by Crippen LogP contribution is -2.38. The predicted octanol–water partition coefficient (Wildman–Crippen LogP) is 2.30. The van der Waals surface area contributed by atoms with Crippen molar-refractivity contribution < 1.29 is 22.8 Å². The van der Waals surface area contributed by atoms with Crippen molar-refractivity contribution in [2.75, 3.05) is 25.0 Å². The van der Waals surface area contributed by atoms with E-state index in [0.717, 1.165) is 21.4 Å². The normalized spacial score (nSPS) is 16.2. The van der Waals surface area contributed by atoms with Crippen molar-refractivity contribution in [3.8, 4) is 0 Å². The van der Waals surface area contributed by atoms with E-state index < -0.39 is 40.5 Å². The van der Waals surface area contributed by atoms with Crippen LogP contribution in [0.1, 0.15) is 19.4 Å². The van der Waals surface area contributed by atoms with Gasteiger partial charge in [-0.25, -0.2) is 13.2 Å². The molecule has 184 valence electrons. The third-order valence-corrected chi connectivity index (χ3v) is 8.01. The molecule has 0 radical (unpaired) electrons. The Bertz CT molecular complexity index is 1380. The number of aromatic amines is 1. The van der Waals surface area contributed by atoms with Crippen molar-refractivity contribution in [2.45, 2.75) is 31.2 Å². The van der Waals surface area contributed by atoms with Gasteiger partial charge in [-0.05, 0) is 29.8 Å². The van der Waals surface area contributed by atoms with Crippen LogP contribution in [0.25, 0.3) is 10.9 Å². The number of hydrogen-bond acceptors (Lipinski definition) is 5. The average molecular weight is 498 g/mol. The summed E-state index contributed by atoms with van der Waals surface area (Å²) in [6.45, 7) is 3.65. The molecule has 1 fully saturated rings. The molecule has 35 heavy (non-hydrogen) atoms. The highest BCUT2D eigenvalue weighted by molar-refractivity contribution is 7.89. The number of aromatic nitrogens is 1. The topological polar surface area (TPSA) is 132 Å². The molecule has 0 aliphatic carbocycles. The largest absolute Gasteiger partial charge is 0.361 e. The first kappa shape index (κ1) is 24.4. The van der Waals surface area contributed by atoms with Crippen molar-refractivity contribution in [3.05, 3.63) is 60.3 Å². The SMILES string of the molecule is CCN(CC)S(=O)(=O)c1cccc(NC(=O)CN2C(=O)NC(Cc3c[nH]c4ccccc34)C2=O)c1. The maximum atomic E-state index is 12.9. The monoisotopic (exact) mass is 497 g/mol. The van der Waals surface area contributed by atoms with E-state index in [1.807, 2.05) is 24.3 Å². The summed E-state index contributed by atoms with van der Waals surface area (Å²) in [4.78, 5) is 42.0. The molecule has 0 saturated carbocycles. The van der Waals surface area contributed by atoms with Crippen molar-refractivity contribution in [1.82, 2.24) is 19.5 Å². The fourth-order valence-corrected chi connectivity index (χ4v) is 5.68. The van der Waals surface area contributed by atoms with Crippen molar-refractivity contribution >= 4 is 44.5 Å². The summed E-state index contributed by atoms with van der Waals surface area (Å²) < 4.78 is 26.8. The highest BCUT2D eigenvalue weighted by Gasteiger charge is 2.39. The third kappa shape index (κ3) is 4.91. The van der Waals surface area contributed by atoms with Crippen molar-refractivity contribution in [1.29, 1.82) is 0 Å². The number of para-hydroxylation sites is 1. The van der Waals surface area contributed by atoms with Crippen LogP contribution in [0.5, 0.6) is 0 Å². The summed E-state index contributed by atoms with van der Waals surface area (Å²) in [5.74, 6) is -1.10. The van der Waals surface area contributed by atoms with Gasteiger partial charge in [-0.15, -0.1) is 0 Å². The van der Waals surface area contributed by atoms with Crippen LogP contribution in [0.4, 0.5) is 10.5 Å². The van der Waals surface area contributed by atoms with Gasteiger partial charge in [0.1, 0.15) is 12.6 Å². The average Bonchev–Trinajstić information content (AvgIpc) is 3.36. The fraction of sp³-hybridized carbons (Fsp3) is 0.292. The molecule has 3 N–H and O–H groups in total. The smallest absolute Gasteiger partial charge is 0.325 e. The minimum atomic E-state index is -3.70. The first-order chi connectivity index (χ1) is 16.7. The maximum absolute atomic E-state index is 12.9. The second-order valence-corrected chi connectivity index (χ2v) is 10.1. The number of nitrogens with zero attached hydrogens (tertiary/aromatic N) is 2. The Morgan fingerprint density at radius 3 is 2.57 bits per heavy atom. The summed E-state index contributed by atoms with van der Waals surface area (Å²) >= 11 is 0. The number of rotatable bonds is 9. The molecule has 11 heteroatoms. The van der Waals surface area contributed by atoms with E-state index >= 15 is 0 Å². The Labute approximate surface area is 203 Å². The van der Waals surface area contributed by atoms with Crippen LogP contribution in [-0.4, -0.2) is 66.1 Å². The Hall–Kier alpha value is -3.70. The van der Waals surface area contributed by atoms with E-state index in [-0.39, 0.29) is 17.0 Å². The molecule has 2 heterocycles. The number of hydrogen-bond donors (Lipinski definition) is 3. The minimum absolute atomic E-state index is 0.0489. The number of urea groups is 1. The second kappa shape index (κ2) is 9.88. The van der Waals surface area contributed by atoms with Crippen molar-refractivity contribution in [3.63, 3.8) is 0 Å². The highest BCUT2D eigenvalue weighted by atomic mass is 32.2. The van der Waals surface area contributed by atoms with Crippen LogP contribution in [0.15, 0.2) is 59.6 Å². The molecule has 3 aromatic rings. The molecule has 1 atom stereocenters. The minimum Gasteiger partial charge on any atom is -0.361 e. The lowest BCUT2D eigenvalue weighted by Gasteiger charge is -2.19. The van der Waals surface area contributed by atoms with Crippen LogP contribution in [-0.2, 0) is 26.0 Å². The molecule has 0 spiro atoms. The van der Waals surface area contributed by atoms with Crippen LogP contribution < -0.4 is 10.6 Å². The molecule has 1 aromatic heterocycles. The molecule has 2 aromatic carbocycles. The molecule has 1 aliphatic heterocycles. The molecule has 4 amide bonds. The number of imide groups is 1. The van der Waals surface area contributed by atoms with E-state index in [1.54, 1.807) is 26.1 Å². The predicted molar refractivity (Wildman–Crippen MR) is 131 cm³/mol. The summed E-state index contributed by atoms with van der Waals surface area (Å²) in [6, 6.07) is 12.1. The Kier molecular flexibility index (Phi) is 6.90. The van der Waals surface area contributed by atoms with Crippen LogP contribution >= 0.6 is 0 Å². The Morgan fingerprint density at radius 2 is 1.83 bits per heavy atom. The van der Waals surface area contributed by atoms with E-state index in [0.29, 0.717) is 13.1 Å². The van der Waals surface area contributed by atoms with Gasteiger partial charge in [0, 0.05) is 42.3 Å². The number of nitrogens with one attached hydrogen (secondary N) is 3. The zero-order valence-electron chi connectivity index (χ0n) is 19.4. The van der Waals surface area contributed by atoms with Gasteiger partial charge in [0.05, 0.1) is 4.90 Å². The van der Waals surface area contributed by atoms with Crippen molar-refractivity contribution in [2.24, 2.45) is 0 Å². The summed E-state index contributed by atoms with van der Waals surface area (Å²) in [6.07, 6.45) is 2.09. The Balaban J connectivity index is 1.42. The maximum Gasteiger partial charge on any atom is 0.325 e. The molecule has 1 saturated heterocycles. The van der Waals surface area contributed by atoms with Crippen LogP contribution in [0, 0.1) is 0 Å². The lowest BCUT2D eigenvalue weighted by molar-refractivity contribution is -0.130. The first-order valence-corrected chi connectivity index (χ1v) is 12.8. The standard InChI is InChI=1S/C24H27N5O5S/c1-3-28(4-2)35(33,34)18-9-7-8-17(13-18)26-22(30)15-29-23(31)21(27-24(29)32)12-16-14-25-20-11-6-5-10-19(16)20/h5-11,13-14,21,25H,3-4,12,15H2,1-2H3,(H,26,30)(H,27,32). The third-order valence-electron chi connectivity index (χ3n) is 5.97. The number of H-pyrrole nitrogens is 1. The second-order valence-electron chi connectivity index (χ2n) is 8.16. The zero-order chi connectivity index (χ0) is 25.2. The highest BCUT2D eigenvalue weighted by Crippen LogP contribution is 2.22. The quantitative estimate of drug-likeness (QED) is 0.391. The number of amides is 4. The van der Waals surface area contributed by atoms with E-state index in [4.69, 9.17) is 0 Å². The van der Waals surface area contributed by atoms with Gasteiger partial charge >= 0.3 is 6.03 Å². The van der Waals surface area contributed by atoms with Gasteiger partial charge in [-0.2, -0.15) is 4.31 Å². The fourth-order valence-electron chi connectivity index (χ4n) is 4.18. The number of benzene rings is 2. The van der Waals surface area contributed by atoms with Crippen LogP contribution in [0.2, 0.25) is 0 Å². The summed E-state index contributed by atoms with van der Waals surface area (Å²) in [7, 11) is -3.70. The van der Waals surface area contributed by atoms with E-state index in [9.17, 15) is 22.8 Å². The number of sulfonamides is 1. The molecular weight excluding hydrogens is 470 g/mol. The van der Waals surface area contributed by atoms with Gasteiger partial charge in [-0.1, -0.05) is 38.1 Å². The first-order valence-electron chi connectivity index (χ1n) is 11.3. The summed E-state index contributed by atoms with van der Waals surface area (Å²) in [5.41, 5.74) is 2.07. The molecule has 0 bridgehead atoms. The Morgan fingerprint density at radius 1 is 1.09 bits per heavy atom. The number of carbonyl (C=O) groups excluding carboxylic acids is 3. The number of carbonyl (C=O) groups is 3. The van der Waals surface area contributed by atoms with Crippen LogP contribution in [0.3, 0.4) is 0 Å². The summed E-state index contributed by atoms with van der Waals surface area (Å²) in [5, 5.41) is 6.18. The van der Waals surface area contributed by atoms with Gasteiger partial charge in [-0.3, -0.25) is 14.5 Å². The molecule has 10 nitrogen and oxygen atoms in total. The van der Waals surface area contributed by atoms with Gasteiger partial charge in [0.15, 0.2) is 0 Å². The number of anilines is 1. The van der Waals surface area contributed by atoms with Gasteiger partial charge in [0.25, 0.3) is 5.91 Å². The molecule has 1 unspecified atom stereocenters. The number of fused-ring (bicyclic) bond motifs is 1. The van der Waals surface area contributed by atoms with Gasteiger partial charge < -0.3 is 15.6 Å². The van der Waals surface area contributed by atoms with Gasteiger partial charge in [0.2, 0.25) is 15.9 Å². The molecular formula is C24H27N5O5S. The molecule has 1 aliphatic rings. The van der Waals surface area contributed by atoms with E-state index in [1.165, 1.54) is 22.5 Å². The lowest BCUT2D eigenvalue weighted by atomic mass is 10.1. The molecule has 4 rings (SSSR count). The van der Waals surface area contributed by atoms with E-state index in [2.05, 4.69) is 15.6 Å². The zero-order valence-corrected chi connectivity index (χ0v) is 20.3.